The van der Waals surface area contributed by atoms with Gasteiger partial charge in [0.2, 0.25) is 5.76 Å². The molecule has 6 nitrogen and oxygen atoms in total. The van der Waals surface area contributed by atoms with E-state index in [4.69, 9.17) is 9.15 Å². The summed E-state index contributed by atoms with van der Waals surface area (Å²) < 4.78 is 24.9. The number of methoxy groups -OCH3 is 1. The van der Waals surface area contributed by atoms with Gasteiger partial charge in [0, 0.05) is 13.1 Å². The maximum atomic E-state index is 13.8. The first-order valence-electron chi connectivity index (χ1n) is 10.4. The first-order valence-corrected chi connectivity index (χ1v) is 10.4. The van der Waals surface area contributed by atoms with E-state index >= 15 is 0 Å². The lowest BCUT2D eigenvalue weighted by Gasteiger charge is -2.28. The Kier molecular flexibility index (Phi) is 5.78. The molecule has 0 bridgehead atoms. The number of amides is 1. The highest BCUT2D eigenvalue weighted by atomic mass is 19.1. The molecule has 4 rings (SSSR count). The number of halogens is 1. The standard InChI is InChI=1S/C24H25FN2O4/c1-4-26(5-2)12-13-27-21(15-6-9-17(30-3)10-7-15)20-22(28)18-14-16(25)8-11-19(18)31-23(20)24(27)29/h6-11,14,21H,4-5,12-13H2,1-3H3/t21-/m0/s1. The number of carbonyl (C=O) groups excluding carboxylic acids is 1. The summed E-state index contributed by atoms with van der Waals surface area (Å²) in [7, 11) is 1.58. The Morgan fingerprint density at radius 1 is 1.10 bits per heavy atom. The summed E-state index contributed by atoms with van der Waals surface area (Å²) in [5.74, 6) is -0.144. The SMILES string of the molecule is CCN(CC)CCN1C(=O)c2oc3ccc(F)cc3c(=O)c2[C@@H]1c1ccc(OC)cc1. The molecule has 3 aromatic rings. The first kappa shape index (κ1) is 21.1. The van der Waals surface area contributed by atoms with Crippen LogP contribution in [-0.2, 0) is 0 Å². The monoisotopic (exact) mass is 424 g/mol. The Morgan fingerprint density at radius 2 is 1.81 bits per heavy atom. The molecule has 31 heavy (non-hydrogen) atoms. The summed E-state index contributed by atoms with van der Waals surface area (Å²) in [4.78, 5) is 30.6. The molecule has 2 heterocycles. The second-order valence-electron chi connectivity index (χ2n) is 7.52. The highest BCUT2D eigenvalue weighted by Gasteiger charge is 2.42. The van der Waals surface area contributed by atoms with E-state index in [1.54, 1.807) is 24.1 Å². The zero-order chi connectivity index (χ0) is 22.1. The molecule has 162 valence electrons. The van der Waals surface area contributed by atoms with Crippen molar-refractivity contribution < 1.29 is 18.3 Å². The van der Waals surface area contributed by atoms with Crippen molar-refractivity contribution in [3.63, 3.8) is 0 Å². The average molecular weight is 424 g/mol. The third-order valence-electron chi connectivity index (χ3n) is 5.91. The van der Waals surface area contributed by atoms with E-state index in [0.29, 0.717) is 18.8 Å². The molecule has 2 aromatic carbocycles. The van der Waals surface area contributed by atoms with Crippen LogP contribution >= 0.6 is 0 Å². The molecule has 7 heteroatoms. The largest absolute Gasteiger partial charge is 0.497 e. The Labute approximate surface area is 179 Å². The van der Waals surface area contributed by atoms with E-state index in [-0.39, 0.29) is 33.6 Å². The molecule has 1 aliphatic rings. The summed E-state index contributed by atoms with van der Waals surface area (Å²) in [5.41, 5.74) is 0.858. The number of likely N-dealkylation sites (N-methyl/N-ethyl adjacent to an activating group) is 1. The van der Waals surface area contributed by atoms with Gasteiger partial charge in [-0.3, -0.25) is 9.59 Å². The van der Waals surface area contributed by atoms with Gasteiger partial charge in [0.25, 0.3) is 5.91 Å². The van der Waals surface area contributed by atoms with Crippen LogP contribution in [0.2, 0.25) is 0 Å². The van der Waals surface area contributed by atoms with Crippen LogP contribution in [0.3, 0.4) is 0 Å². The first-order chi connectivity index (χ1) is 15.0. The van der Waals surface area contributed by atoms with Crippen molar-refractivity contribution in [2.24, 2.45) is 0 Å². The van der Waals surface area contributed by atoms with Crippen molar-refractivity contribution in [1.29, 1.82) is 0 Å². The van der Waals surface area contributed by atoms with Crippen molar-refractivity contribution in [2.45, 2.75) is 19.9 Å². The molecule has 0 saturated heterocycles. The highest BCUT2D eigenvalue weighted by molar-refractivity contribution is 5.99. The average Bonchev–Trinajstić information content (AvgIpc) is 3.07. The van der Waals surface area contributed by atoms with E-state index in [2.05, 4.69) is 18.7 Å². The van der Waals surface area contributed by atoms with Crippen LogP contribution in [0, 0.1) is 5.82 Å². The van der Waals surface area contributed by atoms with Gasteiger partial charge in [0.1, 0.15) is 17.1 Å². The molecule has 0 N–H and O–H groups in total. The van der Waals surface area contributed by atoms with Crippen LogP contribution < -0.4 is 10.2 Å². The minimum Gasteiger partial charge on any atom is -0.497 e. The van der Waals surface area contributed by atoms with Crippen LogP contribution in [0.25, 0.3) is 11.0 Å². The molecular weight excluding hydrogens is 399 g/mol. The van der Waals surface area contributed by atoms with Crippen molar-refractivity contribution in [3.8, 4) is 5.75 Å². The third-order valence-corrected chi connectivity index (χ3v) is 5.91. The smallest absolute Gasteiger partial charge is 0.290 e. The van der Waals surface area contributed by atoms with Gasteiger partial charge in [-0.2, -0.15) is 0 Å². The summed E-state index contributed by atoms with van der Waals surface area (Å²) in [6, 6.07) is 10.4. The lowest BCUT2D eigenvalue weighted by Crippen LogP contribution is -2.37. The summed E-state index contributed by atoms with van der Waals surface area (Å²) >= 11 is 0. The van der Waals surface area contributed by atoms with Gasteiger partial charge in [-0.1, -0.05) is 26.0 Å². The van der Waals surface area contributed by atoms with Crippen LogP contribution in [0.1, 0.15) is 41.6 Å². The number of hydrogen-bond donors (Lipinski definition) is 0. The lowest BCUT2D eigenvalue weighted by atomic mass is 9.98. The van der Waals surface area contributed by atoms with Gasteiger partial charge in [-0.05, 0) is 49.0 Å². The molecule has 0 fully saturated rings. The number of benzene rings is 2. The number of fused-ring (bicyclic) bond motifs is 2. The normalized spacial score (nSPS) is 15.7. The fraction of sp³-hybridized carbons (Fsp3) is 0.333. The molecule has 0 radical (unpaired) electrons. The fourth-order valence-corrected chi connectivity index (χ4v) is 4.14. The van der Waals surface area contributed by atoms with Crippen LogP contribution in [0.4, 0.5) is 4.39 Å². The number of rotatable bonds is 7. The second-order valence-corrected chi connectivity index (χ2v) is 7.52. The van der Waals surface area contributed by atoms with Crippen LogP contribution in [0.15, 0.2) is 51.7 Å². The Balaban J connectivity index is 1.86. The molecule has 0 unspecified atom stereocenters. The highest BCUT2D eigenvalue weighted by Crippen LogP contribution is 2.38. The molecule has 0 spiro atoms. The predicted molar refractivity (Wildman–Crippen MR) is 116 cm³/mol. The number of carbonyl (C=O) groups is 1. The Hall–Kier alpha value is -3.19. The quantitative estimate of drug-likeness (QED) is 0.577. The van der Waals surface area contributed by atoms with Gasteiger partial charge in [-0.25, -0.2) is 4.39 Å². The van der Waals surface area contributed by atoms with Gasteiger partial charge < -0.3 is 19.0 Å². The second kappa shape index (κ2) is 8.51. The number of hydrogen-bond acceptors (Lipinski definition) is 5. The van der Waals surface area contributed by atoms with E-state index in [1.807, 2.05) is 12.1 Å². The van der Waals surface area contributed by atoms with Gasteiger partial charge in [-0.15, -0.1) is 0 Å². The molecule has 0 aliphatic carbocycles. The van der Waals surface area contributed by atoms with Crippen molar-refractivity contribution in [3.05, 3.63) is 75.4 Å². The zero-order valence-corrected chi connectivity index (χ0v) is 17.9. The lowest BCUT2D eigenvalue weighted by molar-refractivity contribution is 0.0708. The van der Waals surface area contributed by atoms with E-state index in [1.165, 1.54) is 12.1 Å². The third kappa shape index (κ3) is 3.70. The Bertz CT molecular complexity index is 1170. The minimum atomic E-state index is -0.604. The van der Waals surface area contributed by atoms with Gasteiger partial charge in [0.05, 0.1) is 24.1 Å². The van der Waals surface area contributed by atoms with Crippen molar-refractivity contribution in [1.82, 2.24) is 9.80 Å². The van der Waals surface area contributed by atoms with Crippen molar-refractivity contribution in [2.75, 3.05) is 33.3 Å². The summed E-state index contributed by atoms with van der Waals surface area (Å²) in [5, 5.41) is 0.135. The van der Waals surface area contributed by atoms with E-state index < -0.39 is 11.9 Å². The molecule has 0 saturated carbocycles. The van der Waals surface area contributed by atoms with Crippen LogP contribution in [0.5, 0.6) is 5.75 Å². The van der Waals surface area contributed by atoms with Crippen molar-refractivity contribution >= 4 is 16.9 Å². The molecule has 1 aromatic heterocycles. The van der Waals surface area contributed by atoms with Gasteiger partial charge >= 0.3 is 0 Å². The summed E-state index contributed by atoms with van der Waals surface area (Å²) in [6.07, 6.45) is 0. The Morgan fingerprint density at radius 3 is 2.45 bits per heavy atom. The fourth-order valence-electron chi connectivity index (χ4n) is 4.14. The molecule has 1 amide bonds. The number of nitrogens with zero attached hydrogens (tertiary/aromatic N) is 2. The summed E-state index contributed by atoms with van der Waals surface area (Å²) in [6.45, 7) is 6.96. The molecule has 1 aliphatic heterocycles. The zero-order valence-electron chi connectivity index (χ0n) is 17.9. The maximum Gasteiger partial charge on any atom is 0.290 e. The van der Waals surface area contributed by atoms with Crippen LogP contribution in [-0.4, -0.2) is 49.0 Å². The van der Waals surface area contributed by atoms with E-state index in [0.717, 1.165) is 24.7 Å². The molecular formula is C24H25FN2O4. The molecule has 1 atom stereocenters. The number of ether oxygens (including phenoxy) is 1. The van der Waals surface area contributed by atoms with Gasteiger partial charge in [0.15, 0.2) is 5.43 Å². The topological polar surface area (TPSA) is 63.0 Å². The predicted octanol–water partition coefficient (Wildman–Crippen LogP) is 3.83. The van der Waals surface area contributed by atoms with E-state index in [9.17, 15) is 14.0 Å². The maximum absolute atomic E-state index is 13.8. The minimum absolute atomic E-state index is 0.0319.